The summed E-state index contributed by atoms with van der Waals surface area (Å²) in [6, 6.07) is 18.1. The molecule has 3 rings (SSSR count). The molecule has 0 heterocycles. The zero-order chi connectivity index (χ0) is 24.7. The lowest BCUT2D eigenvalue weighted by molar-refractivity contribution is -0.143. The number of nitrogens with zero attached hydrogens (tertiary/aromatic N) is 1. The zero-order valence-corrected chi connectivity index (χ0v) is 21.2. The van der Waals surface area contributed by atoms with Gasteiger partial charge in [0.05, 0.1) is 10.0 Å². The van der Waals surface area contributed by atoms with Crippen molar-refractivity contribution in [2.45, 2.75) is 52.2 Å². The Hall–Kier alpha value is -2.76. The van der Waals surface area contributed by atoms with Crippen molar-refractivity contribution in [1.29, 1.82) is 0 Å². The molecule has 0 bridgehead atoms. The second-order valence-corrected chi connectivity index (χ2v) is 9.09. The van der Waals surface area contributed by atoms with Gasteiger partial charge in [-0.15, -0.1) is 0 Å². The van der Waals surface area contributed by atoms with Crippen LogP contribution in [0.15, 0.2) is 60.7 Å². The Morgan fingerprint density at radius 2 is 1.71 bits per heavy atom. The van der Waals surface area contributed by atoms with Gasteiger partial charge in [-0.25, -0.2) is 0 Å². The highest BCUT2D eigenvalue weighted by atomic mass is 35.5. The number of hydrogen-bond donors (Lipinski definition) is 1. The van der Waals surface area contributed by atoms with Crippen molar-refractivity contribution in [3.63, 3.8) is 0 Å². The first-order valence-corrected chi connectivity index (χ1v) is 12.2. The van der Waals surface area contributed by atoms with E-state index in [1.807, 2.05) is 63.2 Å². The van der Waals surface area contributed by atoms with Gasteiger partial charge in [0.15, 0.2) is 6.61 Å². The van der Waals surface area contributed by atoms with Crippen molar-refractivity contribution in [1.82, 2.24) is 10.2 Å². The first-order chi connectivity index (χ1) is 16.3. The molecule has 0 aromatic heterocycles. The number of amides is 2. The normalized spacial score (nSPS) is 12.7. The molecule has 0 unspecified atom stereocenters. The van der Waals surface area contributed by atoms with Crippen molar-refractivity contribution in [2.75, 3.05) is 6.61 Å². The van der Waals surface area contributed by atoms with Crippen LogP contribution < -0.4 is 10.1 Å². The summed E-state index contributed by atoms with van der Waals surface area (Å²) in [4.78, 5) is 28.0. The molecule has 2 amide bonds. The Kier molecular flexibility index (Phi) is 9.20. The standard InChI is InChI=1S/C27H30Cl2N2O3/c1-4-18(3)30-27(33)24(5-2)31(16-19-13-14-22(28)23(29)15-19)26(32)17-34-25-12-8-10-20-9-6-7-11-21(20)25/h6-15,18,24H,4-5,16-17H2,1-3H3,(H,30,33)/t18-,24-/m1/s1. The van der Waals surface area contributed by atoms with Crippen molar-refractivity contribution >= 4 is 45.8 Å². The monoisotopic (exact) mass is 500 g/mol. The summed E-state index contributed by atoms with van der Waals surface area (Å²) in [6.45, 7) is 5.85. The van der Waals surface area contributed by atoms with E-state index in [4.69, 9.17) is 27.9 Å². The van der Waals surface area contributed by atoms with Gasteiger partial charge in [-0.3, -0.25) is 9.59 Å². The second kappa shape index (κ2) is 12.1. The van der Waals surface area contributed by atoms with Gasteiger partial charge in [0, 0.05) is 18.0 Å². The lowest BCUT2D eigenvalue weighted by Crippen LogP contribution is -2.51. The van der Waals surface area contributed by atoms with Crippen molar-refractivity contribution < 1.29 is 14.3 Å². The van der Waals surface area contributed by atoms with Crippen LogP contribution in [-0.4, -0.2) is 35.4 Å². The number of ether oxygens (including phenoxy) is 1. The van der Waals surface area contributed by atoms with Gasteiger partial charge in [0.1, 0.15) is 11.8 Å². The van der Waals surface area contributed by atoms with Gasteiger partial charge in [0.2, 0.25) is 5.91 Å². The topological polar surface area (TPSA) is 58.6 Å². The minimum absolute atomic E-state index is 0.00964. The molecule has 2 atom stereocenters. The molecule has 0 saturated heterocycles. The molecule has 7 heteroatoms. The smallest absolute Gasteiger partial charge is 0.261 e. The molecule has 0 aliphatic rings. The number of hydrogen-bond acceptors (Lipinski definition) is 3. The van der Waals surface area contributed by atoms with Crippen LogP contribution in [0.1, 0.15) is 39.2 Å². The molecule has 0 radical (unpaired) electrons. The predicted octanol–water partition coefficient (Wildman–Crippen LogP) is 6.25. The minimum Gasteiger partial charge on any atom is -0.483 e. The van der Waals surface area contributed by atoms with Crippen LogP contribution >= 0.6 is 23.2 Å². The SMILES string of the molecule is CC[C@@H](C)NC(=O)[C@@H](CC)N(Cc1ccc(Cl)c(Cl)c1)C(=O)COc1cccc2ccccc12. The van der Waals surface area contributed by atoms with Crippen LogP contribution in [0.2, 0.25) is 10.0 Å². The molecule has 34 heavy (non-hydrogen) atoms. The van der Waals surface area contributed by atoms with Crippen molar-refractivity contribution in [3.05, 3.63) is 76.3 Å². The third-order valence-corrected chi connectivity index (χ3v) is 6.56. The minimum atomic E-state index is -0.646. The van der Waals surface area contributed by atoms with Gasteiger partial charge in [-0.2, -0.15) is 0 Å². The highest BCUT2D eigenvalue weighted by molar-refractivity contribution is 6.42. The van der Waals surface area contributed by atoms with Crippen LogP contribution in [0, 0.1) is 0 Å². The van der Waals surface area contributed by atoms with E-state index < -0.39 is 6.04 Å². The summed E-state index contributed by atoms with van der Waals surface area (Å²) in [5.74, 6) is 0.152. The Morgan fingerprint density at radius 3 is 2.41 bits per heavy atom. The molecule has 0 aliphatic heterocycles. The van der Waals surface area contributed by atoms with E-state index in [9.17, 15) is 9.59 Å². The largest absolute Gasteiger partial charge is 0.483 e. The Morgan fingerprint density at radius 1 is 0.971 bits per heavy atom. The maximum absolute atomic E-state index is 13.4. The maximum Gasteiger partial charge on any atom is 0.261 e. The zero-order valence-electron chi connectivity index (χ0n) is 19.7. The lowest BCUT2D eigenvalue weighted by atomic mass is 10.1. The third-order valence-electron chi connectivity index (χ3n) is 5.82. The number of carbonyl (C=O) groups is 2. The predicted molar refractivity (Wildman–Crippen MR) is 138 cm³/mol. The Balaban J connectivity index is 1.85. The fourth-order valence-electron chi connectivity index (χ4n) is 3.74. The molecule has 180 valence electrons. The molecule has 0 aliphatic carbocycles. The van der Waals surface area contributed by atoms with Gasteiger partial charge < -0.3 is 15.0 Å². The maximum atomic E-state index is 13.4. The van der Waals surface area contributed by atoms with E-state index in [-0.39, 0.29) is 31.0 Å². The van der Waals surface area contributed by atoms with Gasteiger partial charge in [-0.1, -0.05) is 79.5 Å². The molecule has 3 aromatic rings. The van der Waals surface area contributed by atoms with Crippen LogP contribution in [-0.2, 0) is 16.1 Å². The van der Waals surface area contributed by atoms with Gasteiger partial charge in [0.25, 0.3) is 5.91 Å². The molecule has 1 N–H and O–H groups in total. The molecule has 0 saturated carbocycles. The first kappa shape index (κ1) is 25.9. The number of fused-ring (bicyclic) bond motifs is 1. The van der Waals surface area contributed by atoms with E-state index in [2.05, 4.69) is 5.32 Å². The molecule has 0 fully saturated rings. The number of rotatable bonds is 10. The highest BCUT2D eigenvalue weighted by Gasteiger charge is 2.29. The molecule has 5 nitrogen and oxygen atoms in total. The Labute approximate surface area is 211 Å². The summed E-state index contributed by atoms with van der Waals surface area (Å²) in [7, 11) is 0. The summed E-state index contributed by atoms with van der Waals surface area (Å²) in [5, 5.41) is 5.79. The van der Waals surface area contributed by atoms with Crippen LogP contribution in [0.5, 0.6) is 5.75 Å². The summed E-state index contributed by atoms with van der Waals surface area (Å²) >= 11 is 12.3. The fourth-order valence-corrected chi connectivity index (χ4v) is 4.06. The van der Waals surface area contributed by atoms with E-state index >= 15 is 0 Å². The molecule has 0 spiro atoms. The van der Waals surface area contributed by atoms with Gasteiger partial charge >= 0.3 is 0 Å². The Bertz CT molecular complexity index is 1150. The molecular weight excluding hydrogens is 471 g/mol. The van der Waals surface area contributed by atoms with Crippen LogP contribution in [0.25, 0.3) is 10.8 Å². The van der Waals surface area contributed by atoms with E-state index in [0.29, 0.717) is 22.2 Å². The lowest BCUT2D eigenvalue weighted by Gasteiger charge is -2.31. The molecular formula is C27H30Cl2N2O3. The van der Waals surface area contributed by atoms with E-state index in [1.165, 1.54) is 0 Å². The molecule has 3 aromatic carbocycles. The van der Waals surface area contributed by atoms with Crippen LogP contribution in [0.3, 0.4) is 0 Å². The second-order valence-electron chi connectivity index (χ2n) is 8.28. The first-order valence-electron chi connectivity index (χ1n) is 11.5. The van der Waals surface area contributed by atoms with Crippen molar-refractivity contribution in [2.24, 2.45) is 0 Å². The highest BCUT2D eigenvalue weighted by Crippen LogP contribution is 2.26. The average Bonchev–Trinajstić information content (AvgIpc) is 2.84. The van der Waals surface area contributed by atoms with E-state index in [1.54, 1.807) is 23.1 Å². The van der Waals surface area contributed by atoms with E-state index in [0.717, 1.165) is 22.8 Å². The fraction of sp³-hybridized carbons (Fsp3) is 0.333. The average molecular weight is 501 g/mol. The van der Waals surface area contributed by atoms with Crippen molar-refractivity contribution in [3.8, 4) is 5.75 Å². The third kappa shape index (κ3) is 6.43. The quantitative estimate of drug-likeness (QED) is 0.358. The summed E-state index contributed by atoms with van der Waals surface area (Å²) in [5.41, 5.74) is 0.780. The summed E-state index contributed by atoms with van der Waals surface area (Å²) in [6.07, 6.45) is 1.26. The number of carbonyl (C=O) groups excluding carboxylic acids is 2. The van der Waals surface area contributed by atoms with Gasteiger partial charge in [-0.05, 0) is 48.9 Å². The number of nitrogens with one attached hydrogen (secondary N) is 1. The summed E-state index contributed by atoms with van der Waals surface area (Å²) < 4.78 is 5.95. The number of benzene rings is 3. The van der Waals surface area contributed by atoms with Crippen LogP contribution in [0.4, 0.5) is 0 Å². The number of halogens is 2.